The van der Waals surface area contributed by atoms with Gasteiger partial charge in [0, 0.05) is 44.9 Å². The molecule has 0 spiro atoms. The Morgan fingerprint density at radius 2 is 1.82 bits per heavy atom. The van der Waals surface area contributed by atoms with Crippen molar-refractivity contribution < 1.29 is 19.4 Å². The van der Waals surface area contributed by atoms with E-state index in [1.807, 2.05) is 30.1 Å². The van der Waals surface area contributed by atoms with E-state index in [0.29, 0.717) is 25.1 Å². The first-order chi connectivity index (χ1) is 19.3. The number of amides is 1. The van der Waals surface area contributed by atoms with Crippen molar-refractivity contribution in [3.63, 3.8) is 0 Å². The van der Waals surface area contributed by atoms with E-state index >= 15 is 0 Å². The van der Waals surface area contributed by atoms with Crippen LogP contribution in [-0.2, 0) is 21.4 Å². The lowest BCUT2D eigenvalue weighted by atomic mass is 9.55. The number of hydrogen-bond donors (Lipinski definition) is 1. The number of esters is 1. The molecule has 1 amide bonds. The summed E-state index contributed by atoms with van der Waals surface area (Å²) in [6.07, 6.45) is 10.3. The van der Waals surface area contributed by atoms with Crippen LogP contribution in [0.3, 0.4) is 0 Å². The van der Waals surface area contributed by atoms with Crippen LogP contribution in [0.4, 0.5) is 0 Å². The van der Waals surface area contributed by atoms with Crippen LogP contribution in [0, 0.1) is 5.92 Å². The number of ether oxygens (including phenoxy) is 1. The number of aliphatic hydroxyl groups is 1. The lowest BCUT2D eigenvalue weighted by Crippen LogP contribution is -2.67. The van der Waals surface area contributed by atoms with Gasteiger partial charge >= 0.3 is 5.97 Å². The third kappa shape index (κ3) is 6.60. The van der Waals surface area contributed by atoms with Gasteiger partial charge in [-0.25, -0.2) is 0 Å². The molecule has 2 aromatic carbocycles. The first-order valence-electron chi connectivity index (χ1n) is 15.3. The zero-order valence-corrected chi connectivity index (χ0v) is 24.3. The molecule has 2 aromatic rings. The minimum Gasteiger partial charge on any atom is -0.427 e. The first-order valence-corrected chi connectivity index (χ1v) is 15.3. The number of β-amino-alcohol motifs (C(OH)–C–C–N with tert-alkyl or cyclic N) is 1. The second-order valence-corrected chi connectivity index (χ2v) is 12.6. The molecule has 0 radical (unpaired) electrons. The Morgan fingerprint density at radius 1 is 1.02 bits per heavy atom. The number of likely N-dealkylation sites (tertiary alicyclic amines) is 1. The molecule has 3 atom stereocenters. The van der Waals surface area contributed by atoms with Crippen LogP contribution in [-0.4, -0.2) is 65.1 Å². The van der Waals surface area contributed by atoms with Gasteiger partial charge in [0.2, 0.25) is 5.91 Å². The van der Waals surface area contributed by atoms with Crippen molar-refractivity contribution >= 4 is 11.9 Å². The maximum atomic E-state index is 13.3. The Balaban J connectivity index is 1.26. The van der Waals surface area contributed by atoms with Gasteiger partial charge in [-0.2, -0.15) is 0 Å². The standard InChI is InChI=1S/C34H46N2O4/c1-26(37)40-31-14-9-13-29(22-31)33-20-21-36(24-28-16-17-28)25-34(33,39)19-18-30(23-33)35(2)32(38)15-8-4-7-12-27-10-5-3-6-11-27/h3,5-6,9-11,13-14,22,28,30,39H,4,7-8,12,15-21,23-25H2,1-2H3. The topological polar surface area (TPSA) is 70.1 Å². The predicted molar refractivity (Wildman–Crippen MR) is 157 cm³/mol. The molecule has 3 fully saturated rings. The molecule has 0 bridgehead atoms. The lowest BCUT2D eigenvalue weighted by Gasteiger charge is -2.59. The molecule has 3 aliphatic rings. The third-order valence-electron chi connectivity index (χ3n) is 9.71. The number of carbonyl (C=O) groups excluding carboxylic acids is 2. The van der Waals surface area contributed by atoms with Crippen LogP contribution in [0.1, 0.15) is 82.3 Å². The molecule has 3 unspecified atom stereocenters. The lowest BCUT2D eigenvalue weighted by molar-refractivity contribution is -0.148. The maximum absolute atomic E-state index is 13.3. The van der Waals surface area contributed by atoms with Crippen LogP contribution in [0.2, 0.25) is 0 Å². The van der Waals surface area contributed by atoms with E-state index in [9.17, 15) is 14.7 Å². The number of aryl methyl sites for hydroxylation is 1. The Kier molecular flexibility index (Phi) is 8.96. The molecule has 1 heterocycles. The van der Waals surface area contributed by atoms with Gasteiger partial charge in [0.1, 0.15) is 5.75 Å². The van der Waals surface area contributed by atoms with Crippen LogP contribution in [0.15, 0.2) is 54.6 Å². The highest BCUT2D eigenvalue weighted by atomic mass is 16.5. The van der Waals surface area contributed by atoms with Gasteiger partial charge in [-0.15, -0.1) is 0 Å². The normalized spacial score (nSPS) is 26.6. The zero-order chi connectivity index (χ0) is 28.2. The Bertz CT molecular complexity index is 1170. The summed E-state index contributed by atoms with van der Waals surface area (Å²) in [5.41, 5.74) is 1.00. The number of unbranched alkanes of at least 4 members (excludes halogenated alkanes) is 2. The van der Waals surface area contributed by atoms with E-state index < -0.39 is 11.0 Å². The van der Waals surface area contributed by atoms with E-state index in [0.717, 1.165) is 69.5 Å². The quantitative estimate of drug-likeness (QED) is 0.229. The average Bonchev–Trinajstić information content (AvgIpc) is 3.76. The zero-order valence-electron chi connectivity index (χ0n) is 24.3. The number of piperidine rings is 1. The van der Waals surface area contributed by atoms with Crippen LogP contribution >= 0.6 is 0 Å². The maximum Gasteiger partial charge on any atom is 0.308 e. The van der Waals surface area contributed by atoms with E-state index in [1.54, 1.807) is 6.07 Å². The molecule has 1 N–H and O–H groups in total. The molecule has 2 saturated carbocycles. The summed E-state index contributed by atoms with van der Waals surface area (Å²) in [7, 11) is 1.95. The predicted octanol–water partition coefficient (Wildman–Crippen LogP) is 5.51. The molecule has 216 valence electrons. The van der Waals surface area contributed by atoms with Crippen molar-refractivity contribution in [3.8, 4) is 5.75 Å². The molecular formula is C34H46N2O4. The second-order valence-electron chi connectivity index (χ2n) is 12.6. The smallest absolute Gasteiger partial charge is 0.308 e. The van der Waals surface area contributed by atoms with Crippen molar-refractivity contribution in [1.82, 2.24) is 9.80 Å². The molecule has 0 aromatic heterocycles. The Hall–Kier alpha value is -2.70. The number of carbonyl (C=O) groups is 2. The monoisotopic (exact) mass is 546 g/mol. The molecular weight excluding hydrogens is 500 g/mol. The van der Waals surface area contributed by atoms with Gasteiger partial charge in [0.15, 0.2) is 0 Å². The van der Waals surface area contributed by atoms with E-state index in [-0.39, 0.29) is 17.9 Å². The van der Waals surface area contributed by atoms with Crippen molar-refractivity contribution in [2.24, 2.45) is 5.92 Å². The molecule has 40 heavy (non-hydrogen) atoms. The van der Waals surface area contributed by atoms with Gasteiger partial charge in [0.05, 0.1) is 5.60 Å². The SMILES string of the molecule is CC(=O)Oc1cccc(C23CCN(CC4CC4)CC2(O)CCC(N(C)C(=O)CCCCCc2ccccc2)C3)c1. The third-order valence-corrected chi connectivity index (χ3v) is 9.71. The van der Waals surface area contributed by atoms with Gasteiger partial charge in [0.25, 0.3) is 0 Å². The molecule has 5 rings (SSSR count). The summed E-state index contributed by atoms with van der Waals surface area (Å²) >= 11 is 0. The fourth-order valence-corrected chi connectivity index (χ4v) is 7.21. The minimum absolute atomic E-state index is 0.0736. The highest BCUT2D eigenvalue weighted by Crippen LogP contribution is 2.53. The van der Waals surface area contributed by atoms with Gasteiger partial charge in [-0.1, -0.05) is 48.9 Å². The first kappa shape index (κ1) is 28.8. The highest BCUT2D eigenvalue weighted by molar-refractivity contribution is 5.76. The van der Waals surface area contributed by atoms with Gasteiger partial charge in [-0.05, 0) is 93.5 Å². The number of rotatable bonds is 11. The minimum atomic E-state index is -0.882. The van der Waals surface area contributed by atoms with Crippen molar-refractivity contribution in [1.29, 1.82) is 0 Å². The molecule has 1 aliphatic heterocycles. The van der Waals surface area contributed by atoms with Crippen LogP contribution in [0.25, 0.3) is 0 Å². The van der Waals surface area contributed by atoms with Crippen molar-refractivity contribution in [2.45, 2.75) is 94.6 Å². The molecule has 6 nitrogen and oxygen atoms in total. The summed E-state index contributed by atoms with van der Waals surface area (Å²) < 4.78 is 5.45. The molecule has 6 heteroatoms. The number of hydrogen-bond acceptors (Lipinski definition) is 5. The fraction of sp³-hybridized carbons (Fsp3) is 0.588. The summed E-state index contributed by atoms with van der Waals surface area (Å²) in [5.74, 6) is 1.14. The van der Waals surface area contributed by atoms with E-state index in [1.165, 1.54) is 25.3 Å². The largest absolute Gasteiger partial charge is 0.427 e. The molecule has 1 saturated heterocycles. The van der Waals surface area contributed by atoms with Crippen molar-refractivity contribution in [2.75, 3.05) is 26.7 Å². The van der Waals surface area contributed by atoms with E-state index in [2.05, 4.69) is 35.2 Å². The summed E-state index contributed by atoms with van der Waals surface area (Å²) in [6, 6.07) is 18.3. The summed E-state index contributed by atoms with van der Waals surface area (Å²) in [5, 5.41) is 12.4. The number of fused-ring (bicyclic) bond motifs is 1. The van der Waals surface area contributed by atoms with Crippen LogP contribution < -0.4 is 4.74 Å². The highest BCUT2D eigenvalue weighted by Gasteiger charge is 2.58. The van der Waals surface area contributed by atoms with Gasteiger partial charge in [-0.3, -0.25) is 9.59 Å². The fourth-order valence-electron chi connectivity index (χ4n) is 7.21. The van der Waals surface area contributed by atoms with Crippen LogP contribution in [0.5, 0.6) is 5.75 Å². The van der Waals surface area contributed by atoms with Gasteiger partial charge < -0.3 is 19.6 Å². The second kappa shape index (κ2) is 12.4. The summed E-state index contributed by atoms with van der Waals surface area (Å²) in [4.78, 5) is 29.4. The van der Waals surface area contributed by atoms with Crippen molar-refractivity contribution in [3.05, 3.63) is 65.7 Å². The Labute approximate surface area is 239 Å². The number of nitrogens with zero attached hydrogens (tertiary/aromatic N) is 2. The average molecular weight is 547 g/mol. The van der Waals surface area contributed by atoms with E-state index in [4.69, 9.17) is 4.74 Å². The summed E-state index contributed by atoms with van der Waals surface area (Å²) in [6.45, 7) is 4.07. The number of benzene rings is 2. The Morgan fingerprint density at radius 3 is 2.58 bits per heavy atom. The molecule has 2 aliphatic carbocycles.